The van der Waals surface area contributed by atoms with Crippen molar-refractivity contribution in [2.24, 2.45) is 7.05 Å². The summed E-state index contributed by atoms with van der Waals surface area (Å²) in [6.07, 6.45) is 1.09. The van der Waals surface area contributed by atoms with Crippen LogP contribution in [-0.4, -0.2) is 42.4 Å². The van der Waals surface area contributed by atoms with Gasteiger partial charge in [0.15, 0.2) is 5.13 Å². The SMILES string of the molecule is Cc1ccc2c(c1)c1c(n2C)CN(c2ccc3sc(N4CCOCC4)nc3c2)CC1. The van der Waals surface area contributed by atoms with Crippen LogP contribution < -0.4 is 9.80 Å². The van der Waals surface area contributed by atoms with E-state index in [2.05, 4.69) is 64.7 Å². The number of hydrogen-bond donors (Lipinski definition) is 0. The van der Waals surface area contributed by atoms with E-state index in [0.717, 1.165) is 56.5 Å². The van der Waals surface area contributed by atoms with Crippen LogP contribution in [0.4, 0.5) is 10.8 Å². The number of fused-ring (bicyclic) bond motifs is 4. The highest BCUT2D eigenvalue weighted by atomic mass is 32.1. The van der Waals surface area contributed by atoms with Crippen molar-refractivity contribution in [3.63, 3.8) is 0 Å². The number of hydrogen-bond acceptors (Lipinski definition) is 5. The maximum Gasteiger partial charge on any atom is 0.186 e. The predicted molar refractivity (Wildman–Crippen MR) is 125 cm³/mol. The Morgan fingerprint density at radius 1 is 1.00 bits per heavy atom. The zero-order chi connectivity index (χ0) is 20.2. The molecule has 6 heteroatoms. The van der Waals surface area contributed by atoms with Gasteiger partial charge < -0.3 is 19.1 Å². The summed E-state index contributed by atoms with van der Waals surface area (Å²) < 4.78 is 9.13. The van der Waals surface area contributed by atoms with Crippen molar-refractivity contribution in [3.8, 4) is 0 Å². The van der Waals surface area contributed by atoms with E-state index in [-0.39, 0.29) is 0 Å². The van der Waals surface area contributed by atoms with Crippen LogP contribution in [-0.2, 0) is 24.8 Å². The summed E-state index contributed by atoms with van der Waals surface area (Å²) in [6, 6.07) is 13.6. The highest BCUT2D eigenvalue weighted by Crippen LogP contribution is 2.35. The molecule has 4 heterocycles. The second kappa shape index (κ2) is 7.00. The topological polar surface area (TPSA) is 33.5 Å². The molecule has 0 spiro atoms. The summed E-state index contributed by atoms with van der Waals surface area (Å²) in [6.45, 7) is 7.63. The Morgan fingerprint density at radius 3 is 2.73 bits per heavy atom. The number of benzene rings is 2. The van der Waals surface area contributed by atoms with Gasteiger partial charge in [0, 0.05) is 49.0 Å². The fourth-order valence-corrected chi connectivity index (χ4v) is 5.88. The van der Waals surface area contributed by atoms with E-state index in [9.17, 15) is 0 Å². The van der Waals surface area contributed by atoms with E-state index < -0.39 is 0 Å². The van der Waals surface area contributed by atoms with Crippen LogP contribution in [0.25, 0.3) is 21.1 Å². The van der Waals surface area contributed by atoms with E-state index in [1.807, 2.05) is 0 Å². The molecule has 6 rings (SSSR count). The van der Waals surface area contributed by atoms with Crippen molar-refractivity contribution >= 4 is 43.3 Å². The maximum absolute atomic E-state index is 5.49. The minimum atomic E-state index is 0.793. The lowest BCUT2D eigenvalue weighted by Gasteiger charge is -2.30. The van der Waals surface area contributed by atoms with Crippen molar-refractivity contribution < 1.29 is 4.74 Å². The first-order chi connectivity index (χ1) is 14.7. The highest BCUT2D eigenvalue weighted by molar-refractivity contribution is 7.22. The fourth-order valence-electron chi connectivity index (χ4n) is 4.89. The molecule has 0 N–H and O–H groups in total. The third-order valence-corrected chi connectivity index (χ3v) is 7.67. The van der Waals surface area contributed by atoms with Crippen LogP contribution in [0, 0.1) is 6.92 Å². The Balaban J connectivity index is 1.33. The van der Waals surface area contributed by atoms with Gasteiger partial charge in [-0.1, -0.05) is 23.0 Å². The minimum Gasteiger partial charge on any atom is -0.378 e. The van der Waals surface area contributed by atoms with Gasteiger partial charge in [0.25, 0.3) is 0 Å². The Hall–Kier alpha value is -2.57. The molecular formula is C24H26N4OS. The minimum absolute atomic E-state index is 0.793. The van der Waals surface area contributed by atoms with Crippen LogP contribution >= 0.6 is 11.3 Å². The monoisotopic (exact) mass is 418 g/mol. The van der Waals surface area contributed by atoms with Gasteiger partial charge in [-0.15, -0.1) is 0 Å². The lowest BCUT2D eigenvalue weighted by molar-refractivity contribution is 0.122. The normalized spacial score (nSPS) is 17.1. The molecular weight excluding hydrogens is 392 g/mol. The third-order valence-electron chi connectivity index (χ3n) is 6.57. The van der Waals surface area contributed by atoms with Crippen LogP contribution in [0.2, 0.25) is 0 Å². The third kappa shape index (κ3) is 2.89. The molecule has 4 aromatic rings. The second-order valence-corrected chi connectivity index (χ2v) is 9.43. The van der Waals surface area contributed by atoms with E-state index in [1.165, 1.54) is 38.1 Å². The predicted octanol–water partition coefficient (Wildman–Crippen LogP) is 4.50. The highest BCUT2D eigenvalue weighted by Gasteiger charge is 2.24. The van der Waals surface area contributed by atoms with Crippen LogP contribution in [0.3, 0.4) is 0 Å². The Morgan fingerprint density at radius 2 is 1.87 bits per heavy atom. The molecule has 0 radical (unpaired) electrons. The van der Waals surface area contributed by atoms with Crippen molar-refractivity contribution in [2.45, 2.75) is 19.9 Å². The van der Waals surface area contributed by atoms with Crippen LogP contribution in [0.5, 0.6) is 0 Å². The molecule has 0 amide bonds. The number of anilines is 2. The van der Waals surface area contributed by atoms with E-state index in [1.54, 1.807) is 11.3 Å². The number of aromatic nitrogens is 2. The molecule has 30 heavy (non-hydrogen) atoms. The summed E-state index contributed by atoms with van der Waals surface area (Å²) >= 11 is 1.79. The summed E-state index contributed by atoms with van der Waals surface area (Å²) in [5.41, 5.74) is 8.03. The van der Waals surface area contributed by atoms with Crippen molar-refractivity contribution in [3.05, 3.63) is 53.2 Å². The quantitative estimate of drug-likeness (QED) is 0.480. The molecule has 154 valence electrons. The van der Waals surface area contributed by atoms with Gasteiger partial charge in [-0.25, -0.2) is 4.98 Å². The first kappa shape index (κ1) is 18.2. The lowest BCUT2D eigenvalue weighted by Crippen LogP contribution is -2.36. The Kier molecular flexibility index (Phi) is 4.25. The standard InChI is InChI=1S/C24H26N4OS/c1-16-3-5-21-19(13-16)18-7-8-28(15-22(18)26(21)2)17-4-6-23-20(14-17)25-24(30-23)27-9-11-29-12-10-27/h3-6,13-14H,7-12,15H2,1-2H3. The zero-order valence-electron chi connectivity index (χ0n) is 17.5. The summed E-state index contributed by atoms with van der Waals surface area (Å²) in [4.78, 5) is 9.80. The molecule has 2 aliphatic heterocycles. The van der Waals surface area contributed by atoms with E-state index in [0.29, 0.717) is 0 Å². The van der Waals surface area contributed by atoms with Gasteiger partial charge in [0.05, 0.1) is 30.0 Å². The molecule has 0 unspecified atom stereocenters. The van der Waals surface area contributed by atoms with Gasteiger partial charge in [0.1, 0.15) is 0 Å². The molecule has 2 aromatic carbocycles. The number of aryl methyl sites for hydroxylation is 2. The smallest absolute Gasteiger partial charge is 0.186 e. The Labute approximate surface area is 180 Å². The van der Waals surface area contributed by atoms with Gasteiger partial charge in [-0.2, -0.15) is 0 Å². The van der Waals surface area contributed by atoms with Gasteiger partial charge in [-0.3, -0.25) is 0 Å². The lowest BCUT2D eigenvalue weighted by atomic mass is 10.0. The summed E-state index contributed by atoms with van der Waals surface area (Å²) in [5.74, 6) is 0. The molecule has 0 bridgehead atoms. The first-order valence-electron chi connectivity index (χ1n) is 10.7. The second-order valence-electron chi connectivity index (χ2n) is 8.42. The maximum atomic E-state index is 5.49. The van der Waals surface area contributed by atoms with Gasteiger partial charge >= 0.3 is 0 Å². The van der Waals surface area contributed by atoms with Gasteiger partial charge in [-0.05, 0) is 49.2 Å². The zero-order valence-corrected chi connectivity index (χ0v) is 18.3. The molecule has 5 nitrogen and oxygen atoms in total. The summed E-state index contributed by atoms with van der Waals surface area (Å²) in [7, 11) is 2.21. The molecule has 2 aromatic heterocycles. The van der Waals surface area contributed by atoms with Crippen molar-refractivity contribution in [1.82, 2.24) is 9.55 Å². The number of nitrogens with zero attached hydrogens (tertiary/aromatic N) is 4. The molecule has 1 fully saturated rings. The first-order valence-corrected chi connectivity index (χ1v) is 11.5. The molecule has 2 aliphatic rings. The number of morpholine rings is 1. The number of rotatable bonds is 2. The van der Waals surface area contributed by atoms with Crippen LogP contribution in [0.15, 0.2) is 36.4 Å². The summed E-state index contributed by atoms with van der Waals surface area (Å²) in [5, 5.41) is 2.55. The molecule has 0 atom stereocenters. The number of ether oxygens (including phenoxy) is 1. The fraction of sp³-hybridized carbons (Fsp3) is 0.375. The largest absolute Gasteiger partial charge is 0.378 e. The van der Waals surface area contributed by atoms with Gasteiger partial charge in [0.2, 0.25) is 0 Å². The average molecular weight is 419 g/mol. The molecule has 1 saturated heterocycles. The average Bonchev–Trinajstić information content (AvgIpc) is 3.33. The number of thiazole rings is 1. The molecule has 0 aliphatic carbocycles. The van der Waals surface area contributed by atoms with Crippen molar-refractivity contribution in [2.75, 3.05) is 42.6 Å². The Bertz CT molecular complexity index is 1250. The van der Waals surface area contributed by atoms with E-state index >= 15 is 0 Å². The van der Waals surface area contributed by atoms with Crippen LogP contribution in [0.1, 0.15) is 16.8 Å². The van der Waals surface area contributed by atoms with E-state index in [4.69, 9.17) is 9.72 Å². The van der Waals surface area contributed by atoms with Crippen molar-refractivity contribution in [1.29, 1.82) is 0 Å². The molecule has 0 saturated carbocycles.